The number of hydrogen-bond acceptors (Lipinski definition) is 6. The number of aryl methyl sites for hydroxylation is 2. The van der Waals surface area contributed by atoms with Crippen molar-refractivity contribution >= 4 is 16.1 Å². The van der Waals surface area contributed by atoms with Crippen molar-refractivity contribution in [3.63, 3.8) is 0 Å². The van der Waals surface area contributed by atoms with Crippen LogP contribution in [-0.4, -0.2) is 50.8 Å². The van der Waals surface area contributed by atoms with Crippen molar-refractivity contribution < 1.29 is 22.5 Å². The maximum atomic E-state index is 12.4. The lowest BCUT2D eigenvalue weighted by molar-refractivity contribution is 0.111. The zero-order valence-corrected chi connectivity index (χ0v) is 13.1. The van der Waals surface area contributed by atoms with Crippen LogP contribution in [0, 0.1) is 13.8 Å². The highest BCUT2D eigenvalue weighted by molar-refractivity contribution is 7.89. The second-order valence-electron chi connectivity index (χ2n) is 5.01. The third kappa shape index (κ3) is 3.35. The van der Waals surface area contributed by atoms with Crippen LogP contribution in [-0.2, 0) is 14.8 Å². The van der Waals surface area contributed by atoms with Gasteiger partial charge in [-0.2, -0.15) is 0 Å². The van der Waals surface area contributed by atoms with Crippen LogP contribution in [0.2, 0.25) is 0 Å². The van der Waals surface area contributed by atoms with Gasteiger partial charge in [0.1, 0.15) is 10.6 Å². The maximum absolute atomic E-state index is 12.4. The van der Waals surface area contributed by atoms with Crippen molar-refractivity contribution in [1.82, 2.24) is 14.8 Å². The van der Waals surface area contributed by atoms with Crippen molar-refractivity contribution in [3.05, 3.63) is 11.5 Å². The maximum Gasteiger partial charge on any atom is 0.409 e. The highest BCUT2D eigenvalue weighted by Crippen LogP contribution is 2.21. The van der Waals surface area contributed by atoms with E-state index >= 15 is 0 Å². The molecule has 0 unspecified atom stereocenters. The molecular weight excluding hydrogens is 298 g/mol. The Morgan fingerprint density at radius 3 is 2.48 bits per heavy atom. The molecule has 0 aromatic carbocycles. The molecular formula is C12H19N3O5S. The van der Waals surface area contributed by atoms with Crippen LogP contribution in [0.15, 0.2) is 9.42 Å². The van der Waals surface area contributed by atoms with E-state index in [2.05, 4.69) is 14.6 Å². The lowest BCUT2D eigenvalue weighted by atomic mass is 10.1. The summed E-state index contributed by atoms with van der Waals surface area (Å²) in [5.74, 6) is 0.270. The van der Waals surface area contributed by atoms with E-state index in [0.29, 0.717) is 31.6 Å². The number of ether oxygens (including phenoxy) is 1. The minimum atomic E-state index is -3.66. The topological polar surface area (TPSA) is 102 Å². The second-order valence-corrected chi connectivity index (χ2v) is 6.66. The number of aromatic nitrogens is 1. The number of carbonyl (C=O) groups is 1. The predicted molar refractivity (Wildman–Crippen MR) is 73.3 cm³/mol. The fourth-order valence-electron chi connectivity index (χ4n) is 2.45. The van der Waals surface area contributed by atoms with Crippen LogP contribution in [0.3, 0.4) is 0 Å². The number of rotatable bonds is 3. The van der Waals surface area contributed by atoms with Crippen LogP contribution in [0.25, 0.3) is 0 Å². The van der Waals surface area contributed by atoms with E-state index in [1.54, 1.807) is 18.7 Å². The summed E-state index contributed by atoms with van der Waals surface area (Å²) in [4.78, 5) is 13.0. The summed E-state index contributed by atoms with van der Waals surface area (Å²) < 4.78 is 36.9. The highest BCUT2D eigenvalue weighted by Gasteiger charge is 2.30. The van der Waals surface area contributed by atoms with E-state index in [0.717, 1.165) is 0 Å². The molecule has 21 heavy (non-hydrogen) atoms. The number of likely N-dealkylation sites (tertiary alicyclic amines) is 1. The van der Waals surface area contributed by atoms with Crippen LogP contribution < -0.4 is 4.72 Å². The van der Waals surface area contributed by atoms with Crippen molar-refractivity contribution in [3.8, 4) is 0 Å². The van der Waals surface area contributed by atoms with Gasteiger partial charge < -0.3 is 14.2 Å². The van der Waals surface area contributed by atoms with E-state index in [1.807, 2.05) is 0 Å². The van der Waals surface area contributed by atoms with E-state index in [9.17, 15) is 13.2 Å². The third-order valence-electron chi connectivity index (χ3n) is 3.49. The Labute approximate surface area is 123 Å². The van der Waals surface area contributed by atoms with E-state index in [-0.39, 0.29) is 22.8 Å². The quantitative estimate of drug-likeness (QED) is 0.885. The first-order chi connectivity index (χ1) is 9.85. The lowest BCUT2D eigenvalue weighted by Gasteiger charge is -2.31. The Hall–Kier alpha value is -1.61. The number of piperidine rings is 1. The summed E-state index contributed by atoms with van der Waals surface area (Å²) in [6.07, 6.45) is 0.692. The van der Waals surface area contributed by atoms with E-state index in [4.69, 9.17) is 4.52 Å². The molecule has 1 aliphatic heterocycles. The summed E-state index contributed by atoms with van der Waals surface area (Å²) >= 11 is 0. The van der Waals surface area contributed by atoms with Crippen LogP contribution >= 0.6 is 0 Å². The number of amides is 1. The average molecular weight is 317 g/mol. The largest absolute Gasteiger partial charge is 0.453 e. The molecule has 1 N–H and O–H groups in total. The molecule has 1 aromatic rings. The standard InChI is InChI=1S/C12H19N3O5S/c1-8-11(9(2)20-13-8)21(17,18)14-10-4-6-15(7-5-10)12(16)19-3/h10,14H,4-7H2,1-3H3. The van der Waals surface area contributed by atoms with Crippen LogP contribution in [0.1, 0.15) is 24.3 Å². The molecule has 8 nitrogen and oxygen atoms in total. The Kier molecular flexibility index (Phi) is 4.52. The molecule has 1 amide bonds. The summed E-state index contributed by atoms with van der Waals surface area (Å²) in [5, 5.41) is 3.66. The Balaban J connectivity index is 2.02. The molecule has 118 valence electrons. The van der Waals surface area contributed by atoms with Gasteiger partial charge in [0.25, 0.3) is 0 Å². The van der Waals surface area contributed by atoms with Crippen molar-refractivity contribution in [2.24, 2.45) is 0 Å². The minimum Gasteiger partial charge on any atom is -0.453 e. The molecule has 0 radical (unpaired) electrons. The third-order valence-corrected chi connectivity index (χ3v) is 5.25. The van der Waals surface area contributed by atoms with Gasteiger partial charge in [0.2, 0.25) is 10.0 Å². The molecule has 1 aromatic heterocycles. The van der Waals surface area contributed by atoms with Gasteiger partial charge in [0.15, 0.2) is 5.76 Å². The molecule has 2 rings (SSSR count). The molecule has 0 bridgehead atoms. The average Bonchev–Trinajstić information content (AvgIpc) is 2.78. The monoisotopic (exact) mass is 317 g/mol. The first-order valence-electron chi connectivity index (χ1n) is 6.63. The first-order valence-corrected chi connectivity index (χ1v) is 8.11. The number of sulfonamides is 1. The van der Waals surface area contributed by atoms with Gasteiger partial charge in [0.05, 0.1) is 7.11 Å². The predicted octanol–water partition coefficient (Wildman–Crippen LogP) is 0.801. The zero-order chi connectivity index (χ0) is 15.6. The van der Waals surface area contributed by atoms with Crippen molar-refractivity contribution in [1.29, 1.82) is 0 Å². The summed E-state index contributed by atoms with van der Waals surface area (Å²) in [7, 11) is -2.33. The van der Waals surface area contributed by atoms with Gasteiger partial charge in [-0.15, -0.1) is 0 Å². The molecule has 1 aliphatic rings. The molecule has 1 fully saturated rings. The molecule has 0 atom stereocenters. The summed E-state index contributed by atoms with van der Waals surface area (Å²) in [5.41, 5.74) is 0.340. The summed E-state index contributed by atoms with van der Waals surface area (Å²) in [6, 6.07) is -0.218. The SMILES string of the molecule is COC(=O)N1CCC(NS(=O)(=O)c2c(C)noc2C)CC1. The number of nitrogens with zero attached hydrogens (tertiary/aromatic N) is 2. The number of carbonyl (C=O) groups excluding carboxylic acids is 1. The van der Waals surface area contributed by atoms with Gasteiger partial charge in [-0.3, -0.25) is 0 Å². The number of nitrogens with one attached hydrogen (secondary N) is 1. The highest BCUT2D eigenvalue weighted by atomic mass is 32.2. The van der Waals surface area contributed by atoms with E-state index < -0.39 is 10.0 Å². The zero-order valence-electron chi connectivity index (χ0n) is 12.2. The minimum absolute atomic E-state index is 0.0953. The normalized spacial score (nSPS) is 17.0. The van der Waals surface area contributed by atoms with E-state index in [1.165, 1.54) is 7.11 Å². The molecule has 2 heterocycles. The van der Waals surface area contributed by atoms with Gasteiger partial charge in [-0.05, 0) is 26.7 Å². The van der Waals surface area contributed by atoms with Gasteiger partial charge in [0, 0.05) is 19.1 Å². The van der Waals surface area contributed by atoms with Crippen LogP contribution in [0.4, 0.5) is 4.79 Å². The van der Waals surface area contributed by atoms with Crippen molar-refractivity contribution in [2.45, 2.75) is 37.6 Å². The van der Waals surface area contributed by atoms with Gasteiger partial charge in [-0.25, -0.2) is 17.9 Å². The fraction of sp³-hybridized carbons (Fsp3) is 0.667. The first kappa shape index (κ1) is 15.8. The molecule has 0 spiro atoms. The Morgan fingerprint density at radius 2 is 2.00 bits per heavy atom. The Morgan fingerprint density at radius 1 is 1.38 bits per heavy atom. The summed E-state index contributed by atoms with van der Waals surface area (Å²) in [6.45, 7) is 4.07. The smallest absolute Gasteiger partial charge is 0.409 e. The molecule has 0 saturated carbocycles. The van der Waals surface area contributed by atoms with Crippen molar-refractivity contribution in [2.75, 3.05) is 20.2 Å². The molecule has 0 aliphatic carbocycles. The Bertz CT molecular complexity index is 597. The lowest BCUT2D eigenvalue weighted by Crippen LogP contribution is -2.46. The van der Waals surface area contributed by atoms with Gasteiger partial charge in [-0.1, -0.05) is 5.16 Å². The number of methoxy groups -OCH3 is 1. The molecule has 9 heteroatoms. The number of hydrogen-bond donors (Lipinski definition) is 1. The fourth-order valence-corrected chi connectivity index (χ4v) is 4.08. The van der Waals surface area contributed by atoms with Gasteiger partial charge >= 0.3 is 6.09 Å². The van der Waals surface area contributed by atoms with Crippen LogP contribution in [0.5, 0.6) is 0 Å². The molecule has 1 saturated heterocycles. The second kappa shape index (κ2) is 6.02.